The third kappa shape index (κ3) is 2.39. The van der Waals surface area contributed by atoms with Gasteiger partial charge in [-0.05, 0) is 36.1 Å². The Balaban J connectivity index is 2.04. The predicted molar refractivity (Wildman–Crippen MR) is 79.0 cm³/mol. The number of aryl methyl sites for hydroxylation is 1. The molecule has 1 unspecified atom stereocenters. The first-order chi connectivity index (χ1) is 9.13. The van der Waals surface area contributed by atoms with Gasteiger partial charge in [-0.1, -0.05) is 35.9 Å². The topological polar surface area (TPSA) is 26.0 Å². The number of fused-ring (bicyclic) bond motifs is 1. The van der Waals surface area contributed by atoms with Crippen molar-refractivity contribution < 1.29 is 4.39 Å². The lowest BCUT2D eigenvalue weighted by Crippen LogP contribution is -2.10. The van der Waals surface area contributed by atoms with Gasteiger partial charge >= 0.3 is 0 Å². The van der Waals surface area contributed by atoms with Crippen molar-refractivity contribution in [1.29, 1.82) is 0 Å². The highest BCUT2D eigenvalue weighted by molar-refractivity contribution is 7.19. The van der Waals surface area contributed by atoms with Gasteiger partial charge in [0.1, 0.15) is 5.82 Å². The fourth-order valence-corrected chi connectivity index (χ4v) is 3.33. The van der Waals surface area contributed by atoms with Crippen molar-refractivity contribution >= 4 is 21.4 Å². The molecule has 0 saturated heterocycles. The van der Waals surface area contributed by atoms with Gasteiger partial charge in [0.15, 0.2) is 0 Å². The molecule has 19 heavy (non-hydrogen) atoms. The van der Waals surface area contributed by atoms with Crippen LogP contribution in [0.5, 0.6) is 0 Å². The van der Waals surface area contributed by atoms with Crippen molar-refractivity contribution in [3.63, 3.8) is 0 Å². The van der Waals surface area contributed by atoms with Crippen LogP contribution in [-0.2, 0) is 0 Å². The molecule has 0 aliphatic carbocycles. The van der Waals surface area contributed by atoms with Gasteiger partial charge in [-0.15, -0.1) is 11.3 Å². The zero-order valence-corrected chi connectivity index (χ0v) is 11.4. The summed E-state index contributed by atoms with van der Waals surface area (Å²) < 4.78 is 14.1. The fraction of sp³-hybridized carbons (Fsp3) is 0.125. The average molecular weight is 271 g/mol. The first-order valence-corrected chi connectivity index (χ1v) is 6.96. The Hall–Kier alpha value is -1.71. The normalized spacial score (nSPS) is 12.8. The molecule has 0 fully saturated rings. The van der Waals surface area contributed by atoms with Gasteiger partial charge in [0.25, 0.3) is 0 Å². The molecular weight excluding hydrogens is 257 g/mol. The highest BCUT2D eigenvalue weighted by atomic mass is 32.1. The molecule has 2 N–H and O–H groups in total. The van der Waals surface area contributed by atoms with E-state index in [0.29, 0.717) is 0 Å². The molecule has 0 aliphatic heterocycles. The van der Waals surface area contributed by atoms with Gasteiger partial charge in [0, 0.05) is 9.58 Å². The van der Waals surface area contributed by atoms with Crippen molar-refractivity contribution in [3.8, 4) is 0 Å². The summed E-state index contributed by atoms with van der Waals surface area (Å²) in [6.07, 6.45) is 0. The standard InChI is InChI=1S/C16H14FNS/c1-10-3-2-4-12(7-10)16(18)15-8-11-5-6-13(17)9-14(11)19-15/h2-9,16H,18H2,1H3. The van der Waals surface area contributed by atoms with Crippen LogP contribution in [0, 0.1) is 12.7 Å². The van der Waals surface area contributed by atoms with E-state index in [1.165, 1.54) is 11.6 Å². The number of hydrogen-bond acceptors (Lipinski definition) is 2. The number of halogens is 1. The summed E-state index contributed by atoms with van der Waals surface area (Å²) >= 11 is 1.56. The second-order valence-electron chi connectivity index (χ2n) is 4.72. The molecule has 1 heterocycles. The Morgan fingerprint density at radius 1 is 1.11 bits per heavy atom. The Morgan fingerprint density at radius 2 is 1.95 bits per heavy atom. The number of benzene rings is 2. The molecule has 3 aromatic rings. The molecule has 1 atom stereocenters. The van der Waals surface area contributed by atoms with E-state index >= 15 is 0 Å². The van der Waals surface area contributed by atoms with Crippen LogP contribution in [0.25, 0.3) is 10.1 Å². The largest absolute Gasteiger partial charge is 0.320 e. The van der Waals surface area contributed by atoms with E-state index in [1.807, 2.05) is 18.2 Å². The molecule has 3 heteroatoms. The number of thiophene rings is 1. The van der Waals surface area contributed by atoms with E-state index in [2.05, 4.69) is 19.1 Å². The summed E-state index contributed by atoms with van der Waals surface area (Å²) in [5.41, 5.74) is 8.59. The lowest BCUT2D eigenvalue weighted by Gasteiger charge is -2.10. The van der Waals surface area contributed by atoms with Crippen molar-refractivity contribution in [1.82, 2.24) is 0 Å². The van der Waals surface area contributed by atoms with E-state index in [4.69, 9.17) is 5.73 Å². The number of rotatable bonds is 2. The maximum atomic E-state index is 13.2. The van der Waals surface area contributed by atoms with Crippen LogP contribution < -0.4 is 5.73 Å². The minimum Gasteiger partial charge on any atom is -0.320 e. The zero-order chi connectivity index (χ0) is 13.4. The zero-order valence-electron chi connectivity index (χ0n) is 10.6. The summed E-state index contributed by atoms with van der Waals surface area (Å²) in [7, 11) is 0. The lowest BCUT2D eigenvalue weighted by molar-refractivity contribution is 0.630. The fourth-order valence-electron chi connectivity index (χ4n) is 2.21. The summed E-state index contributed by atoms with van der Waals surface area (Å²) in [6.45, 7) is 2.05. The van der Waals surface area contributed by atoms with Gasteiger partial charge in [-0.25, -0.2) is 4.39 Å². The maximum Gasteiger partial charge on any atom is 0.124 e. The van der Waals surface area contributed by atoms with Crippen LogP contribution in [0.4, 0.5) is 4.39 Å². The molecule has 3 rings (SSSR count). The Kier molecular flexibility index (Phi) is 3.09. The van der Waals surface area contributed by atoms with E-state index in [-0.39, 0.29) is 11.9 Å². The van der Waals surface area contributed by atoms with E-state index in [0.717, 1.165) is 20.5 Å². The van der Waals surface area contributed by atoms with Gasteiger partial charge in [0.05, 0.1) is 6.04 Å². The van der Waals surface area contributed by atoms with Crippen molar-refractivity contribution in [3.05, 3.63) is 70.4 Å². The minimum atomic E-state index is -0.204. The summed E-state index contributed by atoms with van der Waals surface area (Å²) in [6, 6.07) is 14.9. The Bertz CT molecular complexity index is 732. The van der Waals surface area contributed by atoms with Crippen molar-refractivity contribution in [2.75, 3.05) is 0 Å². The Labute approximate surface area is 115 Å². The first kappa shape index (κ1) is 12.3. The van der Waals surface area contributed by atoms with E-state index < -0.39 is 0 Å². The summed E-state index contributed by atoms with van der Waals surface area (Å²) in [5, 5.41) is 1.05. The second-order valence-corrected chi connectivity index (χ2v) is 5.84. The Morgan fingerprint density at radius 3 is 2.74 bits per heavy atom. The van der Waals surface area contributed by atoms with E-state index in [1.54, 1.807) is 23.5 Å². The smallest absolute Gasteiger partial charge is 0.124 e. The third-order valence-corrected chi connectivity index (χ3v) is 4.39. The molecule has 96 valence electrons. The molecule has 0 saturated carbocycles. The summed E-state index contributed by atoms with van der Waals surface area (Å²) in [4.78, 5) is 1.06. The van der Waals surface area contributed by atoms with Gasteiger partial charge in [0.2, 0.25) is 0 Å². The quantitative estimate of drug-likeness (QED) is 0.734. The predicted octanol–water partition coefficient (Wildman–Crippen LogP) is 4.40. The second kappa shape index (κ2) is 4.76. The monoisotopic (exact) mass is 271 g/mol. The van der Waals surface area contributed by atoms with Crippen LogP contribution in [0.1, 0.15) is 22.0 Å². The third-order valence-electron chi connectivity index (χ3n) is 3.21. The molecule has 1 nitrogen and oxygen atoms in total. The number of hydrogen-bond donors (Lipinski definition) is 1. The molecule has 0 amide bonds. The molecule has 2 aromatic carbocycles. The van der Waals surface area contributed by atoms with Gasteiger partial charge in [-0.2, -0.15) is 0 Å². The van der Waals surface area contributed by atoms with Crippen LogP contribution in [0.15, 0.2) is 48.5 Å². The van der Waals surface area contributed by atoms with Crippen molar-refractivity contribution in [2.45, 2.75) is 13.0 Å². The highest BCUT2D eigenvalue weighted by Crippen LogP contribution is 2.32. The average Bonchev–Trinajstić information content (AvgIpc) is 2.80. The number of nitrogens with two attached hydrogens (primary N) is 1. The molecule has 1 aromatic heterocycles. The lowest BCUT2D eigenvalue weighted by atomic mass is 10.0. The van der Waals surface area contributed by atoms with Gasteiger partial charge in [-0.3, -0.25) is 0 Å². The molecule has 0 spiro atoms. The molecule has 0 aliphatic rings. The minimum absolute atomic E-state index is 0.152. The van der Waals surface area contributed by atoms with E-state index in [9.17, 15) is 4.39 Å². The van der Waals surface area contributed by atoms with Crippen molar-refractivity contribution in [2.24, 2.45) is 5.73 Å². The molecule has 0 bridgehead atoms. The SMILES string of the molecule is Cc1cccc(C(N)c2cc3ccc(F)cc3s2)c1. The van der Waals surface area contributed by atoms with Crippen LogP contribution in [0.3, 0.4) is 0 Å². The van der Waals surface area contributed by atoms with Crippen LogP contribution in [0.2, 0.25) is 0 Å². The van der Waals surface area contributed by atoms with Gasteiger partial charge < -0.3 is 5.73 Å². The first-order valence-electron chi connectivity index (χ1n) is 6.14. The maximum absolute atomic E-state index is 13.2. The van der Waals surface area contributed by atoms with Crippen LogP contribution >= 0.6 is 11.3 Å². The van der Waals surface area contributed by atoms with Crippen LogP contribution in [-0.4, -0.2) is 0 Å². The molecular formula is C16H14FNS. The molecule has 0 radical (unpaired) electrons. The summed E-state index contributed by atoms with van der Waals surface area (Å²) in [5.74, 6) is -0.204. The highest BCUT2D eigenvalue weighted by Gasteiger charge is 2.12.